The molecular formula is C25H21ClN6O3S. The van der Waals surface area contributed by atoms with Gasteiger partial charge < -0.3 is 14.6 Å². The average molecular weight is 521 g/mol. The Labute approximate surface area is 215 Å². The van der Waals surface area contributed by atoms with E-state index in [0.29, 0.717) is 45.2 Å². The van der Waals surface area contributed by atoms with Crippen molar-refractivity contribution < 1.29 is 9.53 Å². The first-order valence-corrected chi connectivity index (χ1v) is 12.3. The van der Waals surface area contributed by atoms with Gasteiger partial charge in [-0.1, -0.05) is 22.9 Å². The molecule has 0 bridgehead atoms. The molecular weight excluding hydrogens is 500 g/mol. The highest BCUT2D eigenvalue weighted by molar-refractivity contribution is 7.17. The molecule has 4 heterocycles. The summed E-state index contributed by atoms with van der Waals surface area (Å²) in [5.41, 5.74) is 1.76. The summed E-state index contributed by atoms with van der Waals surface area (Å²) in [5, 5.41) is 11.2. The number of hydrogen-bond acceptors (Lipinski definition) is 6. The third kappa shape index (κ3) is 5.40. The van der Waals surface area contributed by atoms with Crippen LogP contribution in [0, 0.1) is 0 Å². The van der Waals surface area contributed by atoms with Crippen molar-refractivity contribution in [3.8, 4) is 17.1 Å². The van der Waals surface area contributed by atoms with Crippen molar-refractivity contribution in [3.05, 3.63) is 111 Å². The summed E-state index contributed by atoms with van der Waals surface area (Å²) in [6.45, 7) is 1.27. The van der Waals surface area contributed by atoms with E-state index in [2.05, 4.69) is 15.6 Å². The minimum atomic E-state index is -0.229. The lowest BCUT2D eigenvalue weighted by Gasteiger charge is -2.14. The van der Waals surface area contributed by atoms with Gasteiger partial charge >= 0.3 is 0 Å². The number of halogens is 1. The molecule has 0 aliphatic rings. The molecule has 1 aromatic carbocycles. The first kappa shape index (κ1) is 23.6. The number of amides is 1. The predicted molar refractivity (Wildman–Crippen MR) is 137 cm³/mol. The van der Waals surface area contributed by atoms with Gasteiger partial charge in [0.05, 0.1) is 34.2 Å². The van der Waals surface area contributed by atoms with Crippen LogP contribution in [-0.2, 0) is 13.1 Å². The Balaban J connectivity index is 1.37. The second-order valence-corrected chi connectivity index (χ2v) is 9.49. The summed E-state index contributed by atoms with van der Waals surface area (Å²) in [4.78, 5) is 25.2. The van der Waals surface area contributed by atoms with Crippen molar-refractivity contribution in [2.75, 3.05) is 6.61 Å². The molecule has 0 saturated heterocycles. The zero-order valence-corrected chi connectivity index (χ0v) is 20.5. The molecule has 0 aliphatic heterocycles. The van der Waals surface area contributed by atoms with E-state index in [0.717, 1.165) is 0 Å². The highest BCUT2D eigenvalue weighted by Gasteiger charge is 2.14. The molecule has 4 aromatic heterocycles. The van der Waals surface area contributed by atoms with Gasteiger partial charge in [-0.05, 0) is 42.5 Å². The van der Waals surface area contributed by atoms with Crippen molar-refractivity contribution in [3.63, 3.8) is 0 Å². The highest BCUT2D eigenvalue weighted by Crippen LogP contribution is 2.26. The van der Waals surface area contributed by atoms with Gasteiger partial charge in [-0.3, -0.25) is 14.2 Å². The quantitative estimate of drug-likeness (QED) is 0.317. The Kier molecular flexibility index (Phi) is 6.96. The zero-order valence-electron chi connectivity index (χ0n) is 19.0. The maximum absolute atomic E-state index is 12.3. The van der Waals surface area contributed by atoms with Crippen LogP contribution in [0.1, 0.15) is 15.4 Å². The molecule has 0 spiro atoms. The second-order valence-electron chi connectivity index (χ2n) is 7.77. The van der Waals surface area contributed by atoms with E-state index in [4.69, 9.17) is 16.3 Å². The van der Waals surface area contributed by atoms with Crippen LogP contribution in [0.15, 0.2) is 90.2 Å². The monoisotopic (exact) mass is 520 g/mol. The van der Waals surface area contributed by atoms with E-state index >= 15 is 0 Å². The Morgan fingerprint density at radius 2 is 1.89 bits per heavy atom. The second kappa shape index (κ2) is 10.6. The maximum Gasteiger partial charge on any atom is 0.261 e. The Bertz CT molecular complexity index is 1540. The molecule has 1 amide bonds. The van der Waals surface area contributed by atoms with Gasteiger partial charge in [-0.25, -0.2) is 4.68 Å². The van der Waals surface area contributed by atoms with Crippen LogP contribution in [0.4, 0.5) is 0 Å². The van der Waals surface area contributed by atoms with Crippen molar-refractivity contribution in [2.45, 2.75) is 13.1 Å². The summed E-state index contributed by atoms with van der Waals surface area (Å²) in [5.74, 6) is 0.317. The lowest BCUT2D eigenvalue weighted by atomic mass is 10.2. The fraction of sp³-hybridized carbons (Fsp3) is 0.120. The van der Waals surface area contributed by atoms with E-state index in [1.807, 2.05) is 41.2 Å². The number of pyridine rings is 1. The van der Waals surface area contributed by atoms with Crippen molar-refractivity contribution in [1.29, 1.82) is 0 Å². The number of aromatic nitrogens is 5. The number of nitrogens with one attached hydrogen (secondary N) is 1. The van der Waals surface area contributed by atoms with Gasteiger partial charge in [0.15, 0.2) is 0 Å². The number of carbonyl (C=O) groups excluding carboxylic acids is 1. The number of hydrogen-bond donors (Lipinski definition) is 1. The predicted octanol–water partition coefficient (Wildman–Crippen LogP) is 3.94. The number of benzene rings is 1. The van der Waals surface area contributed by atoms with Crippen molar-refractivity contribution >= 4 is 28.8 Å². The summed E-state index contributed by atoms with van der Waals surface area (Å²) in [7, 11) is 0. The molecule has 0 aliphatic carbocycles. The molecule has 0 fully saturated rings. The molecule has 1 N–H and O–H groups in total. The van der Waals surface area contributed by atoms with Gasteiger partial charge in [0.1, 0.15) is 23.7 Å². The number of nitrogens with zero attached hydrogens (tertiary/aromatic N) is 5. The van der Waals surface area contributed by atoms with Gasteiger partial charge in [0.2, 0.25) is 0 Å². The Morgan fingerprint density at radius 3 is 2.67 bits per heavy atom. The Morgan fingerprint density at radius 1 is 1.06 bits per heavy atom. The van der Waals surface area contributed by atoms with E-state index in [1.54, 1.807) is 52.0 Å². The topological polar surface area (TPSA) is 96.0 Å². The summed E-state index contributed by atoms with van der Waals surface area (Å²) in [6, 6.07) is 17.7. The lowest BCUT2D eigenvalue weighted by molar-refractivity contribution is 0.0954. The molecule has 0 radical (unpaired) electrons. The fourth-order valence-corrected chi connectivity index (χ4v) is 4.53. The number of carbonyl (C=O) groups is 1. The fourth-order valence-electron chi connectivity index (χ4n) is 3.57. The number of rotatable bonds is 9. The van der Waals surface area contributed by atoms with E-state index in [1.165, 1.54) is 17.4 Å². The molecule has 5 rings (SSSR count). The van der Waals surface area contributed by atoms with E-state index in [9.17, 15) is 9.59 Å². The third-order valence-corrected chi connectivity index (χ3v) is 6.56. The zero-order chi connectivity index (χ0) is 24.9. The van der Waals surface area contributed by atoms with Crippen LogP contribution in [0.2, 0.25) is 4.34 Å². The average Bonchev–Trinajstić information content (AvgIpc) is 3.66. The van der Waals surface area contributed by atoms with Crippen LogP contribution in [0.5, 0.6) is 5.75 Å². The highest BCUT2D eigenvalue weighted by atomic mass is 35.5. The molecule has 5 aromatic rings. The smallest absolute Gasteiger partial charge is 0.261 e. The van der Waals surface area contributed by atoms with E-state index < -0.39 is 0 Å². The first-order valence-electron chi connectivity index (χ1n) is 11.1. The van der Waals surface area contributed by atoms with Crippen LogP contribution in [-0.4, -0.2) is 36.6 Å². The van der Waals surface area contributed by atoms with Crippen LogP contribution in [0.25, 0.3) is 11.4 Å². The molecule has 182 valence electrons. The van der Waals surface area contributed by atoms with Crippen molar-refractivity contribution in [2.24, 2.45) is 0 Å². The Hall–Kier alpha value is -4.15. The van der Waals surface area contributed by atoms with Crippen LogP contribution < -0.4 is 15.6 Å². The molecule has 9 nitrogen and oxygen atoms in total. The van der Waals surface area contributed by atoms with Gasteiger partial charge in [0, 0.05) is 30.7 Å². The number of thiophene rings is 1. The van der Waals surface area contributed by atoms with Crippen LogP contribution in [0.3, 0.4) is 0 Å². The van der Waals surface area contributed by atoms with Crippen molar-refractivity contribution in [1.82, 2.24) is 29.4 Å². The lowest BCUT2D eigenvalue weighted by Crippen LogP contribution is -2.21. The largest absolute Gasteiger partial charge is 0.489 e. The maximum atomic E-state index is 12.3. The normalized spacial score (nSPS) is 10.9. The van der Waals surface area contributed by atoms with Gasteiger partial charge in [0.25, 0.3) is 11.5 Å². The summed E-state index contributed by atoms with van der Waals surface area (Å²) < 4.78 is 11.8. The molecule has 0 saturated carbocycles. The first-order chi connectivity index (χ1) is 17.6. The summed E-state index contributed by atoms with van der Waals surface area (Å²) in [6.07, 6.45) is 7.36. The summed E-state index contributed by atoms with van der Waals surface area (Å²) >= 11 is 7.12. The molecule has 36 heavy (non-hydrogen) atoms. The SMILES string of the molecule is O=C(NCc1cn(-c2ccc(-n3ccccc3=O)cc2OCCn2cccc2)nn1)c1ccc(Cl)s1. The van der Waals surface area contributed by atoms with Gasteiger partial charge in [-0.2, -0.15) is 0 Å². The number of ether oxygens (including phenoxy) is 1. The standard InChI is InChI=1S/C25H21ClN6O3S/c26-23-9-8-22(36-23)25(34)27-16-18-17-32(29-28-18)20-7-6-19(31-12-2-1-5-24(31)33)15-21(20)35-14-13-30-10-3-4-11-30/h1-12,15,17H,13-14,16H2,(H,27,34). The van der Waals surface area contributed by atoms with E-state index in [-0.39, 0.29) is 18.0 Å². The molecule has 11 heteroatoms. The van der Waals surface area contributed by atoms with Crippen LogP contribution >= 0.6 is 22.9 Å². The van der Waals surface area contributed by atoms with Gasteiger partial charge in [-0.15, -0.1) is 16.4 Å². The minimum Gasteiger partial charge on any atom is -0.489 e. The molecule has 0 atom stereocenters. The molecule has 0 unspecified atom stereocenters. The minimum absolute atomic E-state index is 0.144. The third-order valence-electron chi connectivity index (χ3n) is 5.33.